The smallest absolute Gasteiger partial charge is 0.192 e. The molecule has 1 aromatic heterocycles. The summed E-state index contributed by atoms with van der Waals surface area (Å²) >= 11 is 0. The minimum atomic E-state index is 0. The van der Waals surface area contributed by atoms with Crippen molar-refractivity contribution in [2.75, 3.05) is 6.61 Å². The van der Waals surface area contributed by atoms with E-state index in [0.29, 0.717) is 18.6 Å². The molecule has 1 atom stereocenters. The molecule has 2 saturated carbocycles. The van der Waals surface area contributed by atoms with E-state index in [1.165, 1.54) is 44.9 Å². The van der Waals surface area contributed by atoms with Gasteiger partial charge in [-0.25, -0.2) is 4.99 Å². The molecule has 2 heterocycles. The minimum Gasteiger partial charge on any atom is -0.375 e. The van der Waals surface area contributed by atoms with Gasteiger partial charge in [-0.05, 0) is 51.9 Å². The molecule has 0 radical (unpaired) electrons. The highest BCUT2D eigenvalue weighted by molar-refractivity contribution is 14.0. The number of aromatic nitrogens is 3. The molecular formula is C19H33IN6O. The zero-order chi connectivity index (χ0) is 18.0. The van der Waals surface area contributed by atoms with Crippen molar-refractivity contribution in [2.45, 2.75) is 88.9 Å². The van der Waals surface area contributed by atoms with Crippen LogP contribution in [-0.4, -0.2) is 45.0 Å². The van der Waals surface area contributed by atoms with Gasteiger partial charge in [-0.1, -0.05) is 12.8 Å². The molecule has 0 aromatic carbocycles. The number of ether oxygens (including phenoxy) is 1. The van der Waals surface area contributed by atoms with Crippen LogP contribution in [0.5, 0.6) is 0 Å². The number of nitrogens with one attached hydrogen (secondary N) is 2. The number of aliphatic imine (C=N–C) groups is 1. The molecule has 3 aliphatic rings. The summed E-state index contributed by atoms with van der Waals surface area (Å²) < 4.78 is 8.08. The molecule has 1 spiro atoms. The Bertz CT molecular complexity index is 651. The maximum absolute atomic E-state index is 6.07. The zero-order valence-corrected chi connectivity index (χ0v) is 18.9. The van der Waals surface area contributed by atoms with E-state index in [4.69, 9.17) is 9.73 Å². The lowest BCUT2D eigenvalue weighted by molar-refractivity contribution is -0.134. The van der Waals surface area contributed by atoms with E-state index in [1.54, 1.807) is 0 Å². The van der Waals surface area contributed by atoms with Gasteiger partial charge in [0.05, 0.1) is 5.60 Å². The molecule has 1 unspecified atom stereocenters. The van der Waals surface area contributed by atoms with Crippen LogP contribution < -0.4 is 10.6 Å². The molecule has 0 bridgehead atoms. The second-order valence-corrected chi connectivity index (χ2v) is 8.23. The molecule has 8 heteroatoms. The lowest BCUT2D eigenvalue weighted by Gasteiger charge is -2.47. The van der Waals surface area contributed by atoms with Crippen molar-refractivity contribution in [3.05, 3.63) is 11.6 Å². The molecule has 1 aliphatic heterocycles. The van der Waals surface area contributed by atoms with Crippen molar-refractivity contribution in [1.82, 2.24) is 25.4 Å². The number of hydrogen-bond acceptors (Lipinski definition) is 4. The quantitative estimate of drug-likeness (QED) is 0.388. The summed E-state index contributed by atoms with van der Waals surface area (Å²) in [6.45, 7) is 3.38. The van der Waals surface area contributed by atoms with E-state index < -0.39 is 0 Å². The number of halogens is 1. The molecule has 1 aromatic rings. The normalized spacial score (nSPS) is 25.1. The van der Waals surface area contributed by atoms with Crippen LogP contribution >= 0.6 is 24.0 Å². The summed E-state index contributed by atoms with van der Waals surface area (Å²) in [6, 6.07) is 0.984. The Morgan fingerprint density at radius 2 is 1.89 bits per heavy atom. The van der Waals surface area contributed by atoms with Gasteiger partial charge in [0.1, 0.15) is 12.4 Å². The molecule has 0 amide bonds. The van der Waals surface area contributed by atoms with E-state index in [9.17, 15) is 0 Å². The SMILES string of the molecule is Cc1nnc(CN=C(NC2CCCC2)NC2CCOC3(CCC3)C2)n1C.I. The Kier molecular flexibility index (Phi) is 6.99. The maximum Gasteiger partial charge on any atom is 0.192 e. The average Bonchev–Trinajstić information content (AvgIpc) is 3.23. The monoisotopic (exact) mass is 488 g/mol. The fourth-order valence-electron chi connectivity index (χ4n) is 4.40. The summed E-state index contributed by atoms with van der Waals surface area (Å²) in [7, 11) is 2.00. The van der Waals surface area contributed by atoms with Crippen LogP contribution in [-0.2, 0) is 18.3 Å². The molecule has 4 rings (SSSR count). The zero-order valence-electron chi connectivity index (χ0n) is 16.5. The molecule has 7 nitrogen and oxygen atoms in total. The summed E-state index contributed by atoms with van der Waals surface area (Å²) in [5.74, 6) is 2.75. The Hall–Kier alpha value is -0.900. The van der Waals surface area contributed by atoms with Crippen LogP contribution in [0.1, 0.15) is 69.4 Å². The number of aryl methyl sites for hydroxylation is 1. The van der Waals surface area contributed by atoms with Crippen LogP contribution in [0.3, 0.4) is 0 Å². The molecule has 3 fully saturated rings. The minimum absolute atomic E-state index is 0. The Morgan fingerprint density at radius 1 is 1.15 bits per heavy atom. The van der Waals surface area contributed by atoms with Gasteiger partial charge < -0.3 is 19.9 Å². The van der Waals surface area contributed by atoms with E-state index >= 15 is 0 Å². The third-order valence-electron chi connectivity index (χ3n) is 6.36. The lowest BCUT2D eigenvalue weighted by atomic mass is 9.74. The largest absolute Gasteiger partial charge is 0.375 e. The van der Waals surface area contributed by atoms with Gasteiger partial charge in [0, 0.05) is 25.7 Å². The van der Waals surface area contributed by atoms with Gasteiger partial charge in [-0.15, -0.1) is 34.2 Å². The van der Waals surface area contributed by atoms with Gasteiger partial charge in [0.25, 0.3) is 0 Å². The van der Waals surface area contributed by atoms with Crippen molar-refractivity contribution < 1.29 is 4.74 Å². The first-order valence-electron chi connectivity index (χ1n) is 10.2. The molecule has 2 aliphatic carbocycles. The number of nitrogens with zero attached hydrogens (tertiary/aromatic N) is 4. The van der Waals surface area contributed by atoms with Crippen molar-refractivity contribution in [1.29, 1.82) is 0 Å². The highest BCUT2D eigenvalue weighted by Crippen LogP contribution is 2.42. The first-order valence-corrected chi connectivity index (χ1v) is 10.2. The predicted octanol–water partition coefficient (Wildman–Crippen LogP) is 2.82. The lowest BCUT2D eigenvalue weighted by Crippen LogP contribution is -2.54. The fourth-order valence-corrected chi connectivity index (χ4v) is 4.40. The first kappa shape index (κ1) is 20.8. The van der Waals surface area contributed by atoms with E-state index in [1.807, 2.05) is 18.5 Å². The third-order valence-corrected chi connectivity index (χ3v) is 6.36. The molecule has 152 valence electrons. The topological polar surface area (TPSA) is 76.4 Å². The highest BCUT2D eigenvalue weighted by atomic mass is 127. The van der Waals surface area contributed by atoms with Gasteiger partial charge in [0.2, 0.25) is 0 Å². The van der Waals surface area contributed by atoms with E-state index in [2.05, 4.69) is 20.8 Å². The molecule has 1 saturated heterocycles. The van der Waals surface area contributed by atoms with Gasteiger partial charge in [-0.2, -0.15) is 0 Å². The van der Waals surface area contributed by atoms with Gasteiger partial charge in [-0.3, -0.25) is 0 Å². The van der Waals surface area contributed by atoms with Crippen LogP contribution in [0.25, 0.3) is 0 Å². The Balaban J connectivity index is 0.00000210. The van der Waals surface area contributed by atoms with Crippen molar-refractivity contribution in [3.63, 3.8) is 0 Å². The second-order valence-electron chi connectivity index (χ2n) is 8.23. The average molecular weight is 488 g/mol. The van der Waals surface area contributed by atoms with Crippen molar-refractivity contribution in [3.8, 4) is 0 Å². The van der Waals surface area contributed by atoms with Crippen LogP contribution in [0.4, 0.5) is 0 Å². The Morgan fingerprint density at radius 3 is 2.52 bits per heavy atom. The van der Waals surface area contributed by atoms with Crippen LogP contribution in [0.2, 0.25) is 0 Å². The van der Waals surface area contributed by atoms with Gasteiger partial charge >= 0.3 is 0 Å². The standard InChI is InChI=1S/C19H32N6O.HI/c1-14-23-24-17(25(14)2)13-20-18(21-15-6-3-4-7-15)22-16-8-11-26-19(12-16)9-5-10-19;/h15-16H,3-13H2,1-2H3,(H2,20,21,22);1H. The van der Waals surface area contributed by atoms with Gasteiger partial charge in [0.15, 0.2) is 11.8 Å². The summed E-state index contributed by atoms with van der Waals surface area (Å²) in [4.78, 5) is 4.85. The first-order chi connectivity index (χ1) is 12.6. The van der Waals surface area contributed by atoms with Crippen molar-refractivity contribution in [2.24, 2.45) is 12.0 Å². The van der Waals surface area contributed by atoms with E-state index in [0.717, 1.165) is 37.1 Å². The van der Waals surface area contributed by atoms with Crippen LogP contribution in [0.15, 0.2) is 4.99 Å². The summed E-state index contributed by atoms with van der Waals surface area (Å²) in [6.07, 6.45) is 11.0. The molecular weight excluding hydrogens is 455 g/mol. The number of rotatable bonds is 4. The fraction of sp³-hybridized carbons (Fsp3) is 0.842. The van der Waals surface area contributed by atoms with Crippen molar-refractivity contribution >= 4 is 29.9 Å². The second kappa shape index (κ2) is 9.07. The van der Waals surface area contributed by atoms with Crippen LogP contribution in [0, 0.1) is 6.92 Å². The Labute approximate surface area is 179 Å². The number of guanidine groups is 1. The predicted molar refractivity (Wildman–Crippen MR) is 116 cm³/mol. The number of hydrogen-bond donors (Lipinski definition) is 2. The summed E-state index contributed by atoms with van der Waals surface area (Å²) in [5, 5.41) is 15.7. The molecule has 2 N–H and O–H groups in total. The maximum atomic E-state index is 6.07. The highest BCUT2D eigenvalue weighted by Gasteiger charge is 2.42. The molecule has 27 heavy (non-hydrogen) atoms. The third kappa shape index (κ3) is 4.93. The van der Waals surface area contributed by atoms with E-state index in [-0.39, 0.29) is 29.6 Å². The summed E-state index contributed by atoms with van der Waals surface area (Å²) in [5.41, 5.74) is 0.148.